The number of hydrogen-bond acceptors (Lipinski definition) is 7. The lowest BCUT2D eigenvalue weighted by Gasteiger charge is -2.14. The maximum absolute atomic E-state index is 12.8. The summed E-state index contributed by atoms with van der Waals surface area (Å²) in [6.45, 7) is 0. The summed E-state index contributed by atoms with van der Waals surface area (Å²) in [7, 11) is 3.13. The first-order valence-electron chi connectivity index (χ1n) is 10.5. The Balaban J connectivity index is 1.79. The number of pyridine rings is 2. The van der Waals surface area contributed by atoms with Gasteiger partial charge in [0, 0.05) is 34.1 Å². The molecule has 2 aromatic heterocycles. The molecule has 0 N–H and O–H groups in total. The molecule has 4 aromatic rings. The van der Waals surface area contributed by atoms with Gasteiger partial charge >= 0.3 is 0 Å². The van der Waals surface area contributed by atoms with Crippen molar-refractivity contribution < 1.29 is 14.3 Å². The minimum atomic E-state index is -0.0863. The van der Waals surface area contributed by atoms with Crippen molar-refractivity contribution in [1.29, 1.82) is 5.26 Å². The highest BCUT2D eigenvalue weighted by Crippen LogP contribution is 2.38. The molecule has 0 aliphatic rings. The van der Waals surface area contributed by atoms with Gasteiger partial charge in [-0.3, -0.25) is 9.78 Å². The van der Waals surface area contributed by atoms with Gasteiger partial charge in [0.05, 0.1) is 31.2 Å². The number of methoxy groups -OCH3 is 2. The van der Waals surface area contributed by atoms with E-state index in [1.165, 1.54) is 11.8 Å². The molecule has 8 heteroatoms. The van der Waals surface area contributed by atoms with Gasteiger partial charge in [0.1, 0.15) is 11.1 Å². The molecule has 0 aliphatic carbocycles. The Morgan fingerprint density at radius 3 is 2.46 bits per heavy atom. The average molecular weight is 502 g/mol. The van der Waals surface area contributed by atoms with Crippen LogP contribution in [0.5, 0.6) is 11.5 Å². The molecule has 4 rings (SSSR count). The molecule has 2 heterocycles. The molecular weight excluding hydrogens is 482 g/mol. The fourth-order valence-corrected chi connectivity index (χ4v) is 4.50. The van der Waals surface area contributed by atoms with Crippen molar-refractivity contribution in [3.05, 3.63) is 89.2 Å². The van der Waals surface area contributed by atoms with Crippen LogP contribution in [0.25, 0.3) is 22.4 Å². The number of nitrogens with zero attached hydrogens (tertiary/aromatic N) is 3. The molecule has 0 spiro atoms. The third-order valence-electron chi connectivity index (χ3n) is 5.26. The predicted octanol–water partition coefficient (Wildman–Crippen LogP) is 6.33. The van der Waals surface area contributed by atoms with Crippen LogP contribution in [0.4, 0.5) is 0 Å². The van der Waals surface area contributed by atoms with Gasteiger partial charge < -0.3 is 9.47 Å². The van der Waals surface area contributed by atoms with Crippen molar-refractivity contribution >= 4 is 29.1 Å². The lowest BCUT2D eigenvalue weighted by molar-refractivity contribution is 0.102. The van der Waals surface area contributed by atoms with Crippen molar-refractivity contribution in [2.45, 2.75) is 5.03 Å². The molecule has 0 amide bonds. The normalized spacial score (nSPS) is 10.5. The zero-order valence-electron chi connectivity index (χ0n) is 19.0. The topological polar surface area (TPSA) is 85.1 Å². The molecular formula is C27H20ClN3O3S. The van der Waals surface area contributed by atoms with Crippen LogP contribution in [0, 0.1) is 11.3 Å². The third kappa shape index (κ3) is 5.46. The minimum absolute atomic E-state index is 0.0863. The zero-order valence-corrected chi connectivity index (χ0v) is 20.6. The van der Waals surface area contributed by atoms with Gasteiger partial charge in [-0.25, -0.2) is 4.98 Å². The number of carbonyl (C=O) groups excluding carboxylic acids is 1. The first-order valence-corrected chi connectivity index (χ1v) is 11.9. The average Bonchev–Trinajstić information content (AvgIpc) is 2.91. The van der Waals surface area contributed by atoms with E-state index in [4.69, 9.17) is 26.1 Å². The van der Waals surface area contributed by atoms with Gasteiger partial charge in [-0.2, -0.15) is 5.26 Å². The number of benzene rings is 2. The Kier molecular flexibility index (Phi) is 7.66. The van der Waals surface area contributed by atoms with E-state index in [0.717, 1.165) is 11.1 Å². The van der Waals surface area contributed by atoms with Crippen LogP contribution in [0.3, 0.4) is 0 Å². The van der Waals surface area contributed by atoms with E-state index in [-0.39, 0.29) is 11.5 Å². The summed E-state index contributed by atoms with van der Waals surface area (Å²) in [5.74, 6) is 1.16. The maximum atomic E-state index is 12.8. The molecule has 2 aromatic carbocycles. The van der Waals surface area contributed by atoms with Gasteiger partial charge in [-0.05, 0) is 60.2 Å². The summed E-state index contributed by atoms with van der Waals surface area (Å²) >= 11 is 7.16. The lowest BCUT2D eigenvalue weighted by atomic mass is 9.99. The SMILES string of the molecule is COc1ccc(-c2cc(-c3cccnc3)nc(SCC(=O)c3ccc(Cl)cc3)c2C#N)cc1OC. The highest BCUT2D eigenvalue weighted by molar-refractivity contribution is 8.00. The smallest absolute Gasteiger partial charge is 0.173 e. The van der Waals surface area contributed by atoms with Crippen molar-refractivity contribution in [2.75, 3.05) is 20.0 Å². The zero-order chi connectivity index (χ0) is 24.8. The summed E-state index contributed by atoms with van der Waals surface area (Å²) < 4.78 is 10.8. The Morgan fingerprint density at radius 1 is 1.03 bits per heavy atom. The molecule has 6 nitrogen and oxygen atoms in total. The number of rotatable bonds is 8. The van der Waals surface area contributed by atoms with Crippen LogP contribution in [0.15, 0.2) is 78.1 Å². The molecule has 0 aliphatic heterocycles. The Hall–Kier alpha value is -3.86. The number of aromatic nitrogens is 2. The highest BCUT2D eigenvalue weighted by atomic mass is 35.5. The van der Waals surface area contributed by atoms with E-state index in [1.807, 2.05) is 30.3 Å². The van der Waals surface area contributed by atoms with Crippen LogP contribution in [0.2, 0.25) is 5.02 Å². The first-order chi connectivity index (χ1) is 17.0. The molecule has 174 valence electrons. The lowest BCUT2D eigenvalue weighted by Crippen LogP contribution is -2.04. The van der Waals surface area contributed by atoms with Crippen molar-refractivity contribution in [1.82, 2.24) is 9.97 Å². The summed E-state index contributed by atoms with van der Waals surface area (Å²) in [6.07, 6.45) is 3.39. The summed E-state index contributed by atoms with van der Waals surface area (Å²) in [4.78, 5) is 21.7. The second kappa shape index (κ2) is 11.0. The number of nitriles is 1. The van der Waals surface area contributed by atoms with Crippen LogP contribution in [-0.2, 0) is 0 Å². The molecule has 0 atom stereocenters. The number of ether oxygens (including phenoxy) is 2. The monoisotopic (exact) mass is 501 g/mol. The fraction of sp³-hybridized carbons (Fsp3) is 0.111. The molecule has 35 heavy (non-hydrogen) atoms. The van der Waals surface area contributed by atoms with Crippen LogP contribution >= 0.6 is 23.4 Å². The van der Waals surface area contributed by atoms with E-state index in [9.17, 15) is 10.1 Å². The van der Waals surface area contributed by atoms with Gasteiger partial charge in [0.25, 0.3) is 0 Å². The number of ketones is 1. The van der Waals surface area contributed by atoms with Crippen molar-refractivity contribution in [3.8, 4) is 40.0 Å². The second-order valence-corrected chi connectivity index (χ2v) is 8.78. The van der Waals surface area contributed by atoms with E-state index in [1.54, 1.807) is 56.9 Å². The predicted molar refractivity (Wildman–Crippen MR) is 137 cm³/mol. The summed E-state index contributed by atoms with van der Waals surface area (Å²) in [5, 5.41) is 11.1. The van der Waals surface area contributed by atoms with Gasteiger partial charge in [0.15, 0.2) is 17.3 Å². The summed E-state index contributed by atoms with van der Waals surface area (Å²) in [6, 6.07) is 20.0. The van der Waals surface area contributed by atoms with Gasteiger partial charge in [-0.15, -0.1) is 0 Å². The van der Waals surface area contributed by atoms with Crippen molar-refractivity contribution in [2.24, 2.45) is 0 Å². The van der Waals surface area contributed by atoms with E-state index in [2.05, 4.69) is 11.1 Å². The van der Waals surface area contributed by atoms with Crippen LogP contribution < -0.4 is 9.47 Å². The molecule has 0 radical (unpaired) electrons. The van der Waals surface area contributed by atoms with E-state index >= 15 is 0 Å². The quantitative estimate of drug-likeness (QED) is 0.206. The summed E-state index contributed by atoms with van der Waals surface area (Å²) in [5.41, 5.74) is 3.79. The number of halogens is 1. The van der Waals surface area contributed by atoms with E-state index < -0.39 is 0 Å². The standard InChI is InChI=1S/C27H20ClN3O3S/c1-33-25-10-7-18(12-26(25)34-2)21-13-23(19-4-3-11-30-15-19)31-27(22(21)14-29)35-16-24(32)17-5-8-20(28)9-6-17/h3-13,15H,16H2,1-2H3. The molecule has 0 bridgehead atoms. The maximum Gasteiger partial charge on any atom is 0.173 e. The molecule has 0 unspecified atom stereocenters. The van der Waals surface area contributed by atoms with Crippen LogP contribution in [0.1, 0.15) is 15.9 Å². The molecule has 0 saturated carbocycles. The number of hydrogen-bond donors (Lipinski definition) is 0. The molecule has 0 saturated heterocycles. The highest BCUT2D eigenvalue weighted by Gasteiger charge is 2.19. The Bertz CT molecular complexity index is 1400. The first kappa shape index (κ1) is 24.3. The second-order valence-electron chi connectivity index (χ2n) is 7.38. The fourth-order valence-electron chi connectivity index (χ4n) is 3.48. The van der Waals surface area contributed by atoms with Gasteiger partial charge in [0.2, 0.25) is 0 Å². The van der Waals surface area contributed by atoms with Gasteiger partial charge in [-0.1, -0.05) is 29.4 Å². The number of Topliss-reactive ketones (excluding diaryl/α,β-unsaturated/α-hetero) is 1. The number of thioether (sulfide) groups is 1. The third-order valence-corrected chi connectivity index (χ3v) is 6.48. The van der Waals surface area contributed by atoms with Crippen LogP contribution in [-0.4, -0.2) is 35.7 Å². The van der Waals surface area contributed by atoms with Crippen molar-refractivity contribution in [3.63, 3.8) is 0 Å². The number of carbonyl (C=O) groups is 1. The van der Waals surface area contributed by atoms with E-state index in [0.29, 0.717) is 43.9 Å². The minimum Gasteiger partial charge on any atom is -0.493 e. The Labute approximate surface area is 212 Å². The Morgan fingerprint density at radius 2 is 1.80 bits per heavy atom. The molecule has 0 fully saturated rings. The largest absolute Gasteiger partial charge is 0.493 e.